The highest BCUT2D eigenvalue weighted by Crippen LogP contribution is 2.15. The molecule has 1 amide bonds. The topological polar surface area (TPSA) is 43.1 Å². The number of nitrogens with two attached hydrogens (primary N) is 1. The van der Waals surface area contributed by atoms with Crippen LogP contribution in [0.3, 0.4) is 0 Å². The molecule has 0 bridgehead atoms. The van der Waals surface area contributed by atoms with Crippen molar-refractivity contribution in [2.45, 2.75) is 12.8 Å². The zero-order chi connectivity index (χ0) is 13.7. The fourth-order valence-corrected chi connectivity index (χ4v) is 1.69. The van der Waals surface area contributed by atoms with Crippen LogP contribution >= 0.6 is 0 Å². The van der Waals surface area contributed by atoms with Crippen LogP contribution in [0.25, 0.3) is 0 Å². The normalized spacial score (nSPS) is 11.2. The predicted molar refractivity (Wildman–Crippen MR) is 76.5 cm³/mol. The molecule has 0 aliphatic rings. The average Bonchev–Trinajstić information content (AvgIpc) is 2.46. The maximum atomic E-state index is 11.1. The molecule has 0 saturated heterocycles. The fraction of sp³-hybridized carbons (Fsp3) is 0.118. The third kappa shape index (κ3) is 3.46. The van der Waals surface area contributed by atoms with Gasteiger partial charge in [-0.05, 0) is 36.8 Å². The van der Waals surface area contributed by atoms with Gasteiger partial charge >= 0.3 is 0 Å². The first-order valence-electron chi connectivity index (χ1n) is 6.13. The summed E-state index contributed by atoms with van der Waals surface area (Å²) in [5.74, 6) is 5.60. The molecule has 2 aromatic rings. The van der Waals surface area contributed by atoms with Gasteiger partial charge in [-0.15, -0.1) is 0 Å². The van der Waals surface area contributed by atoms with E-state index in [2.05, 4.69) is 11.8 Å². The third-order valence-electron chi connectivity index (χ3n) is 2.96. The van der Waals surface area contributed by atoms with Crippen LogP contribution < -0.4 is 5.73 Å². The van der Waals surface area contributed by atoms with Crippen LogP contribution in [-0.4, -0.2) is 5.91 Å². The largest absolute Gasteiger partial charge is 0.369 e. The number of primary amides is 1. The molecule has 2 rings (SSSR count). The second-order valence-corrected chi connectivity index (χ2v) is 4.36. The van der Waals surface area contributed by atoms with Crippen molar-refractivity contribution in [2.75, 3.05) is 0 Å². The molecule has 1 unspecified atom stereocenters. The number of hydrogen-bond acceptors (Lipinski definition) is 1. The van der Waals surface area contributed by atoms with Gasteiger partial charge in [0, 0.05) is 11.1 Å². The molecule has 0 saturated carbocycles. The summed E-state index contributed by atoms with van der Waals surface area (Å²) in [7, 11) is 0. The Bertz CT molecular complexity index is 618. The van der Waals surface area contributed by atoms with Gasteiger partial charge in [-0.25, -0.2) is 0 Å². The lowest BCUT2D eigenvalue weighted by Crippen LogP contribution is -2.18. The predicted octanol–water partition coefficient (Wildman–Crippen LogP) is 2.68. The zero-order valence-corrected chi connectivity index (χ0v) is 10.8. The molecule has 0 spiro atoms. The van der Waals surface area contributed by atoms with E-state index in [9.17, 15) is 4.79 Å². The Labute approximate surface area is 113 Å². The minimum absolute atomic E-state index is 0.267. The van der Waals surface area contributed by atoms with Gasteiger partial charge in [0.25, 0.3) is 0 Å². The van der Waals surface area contributed by atoms with E-state index < -0.39 is 0 Å². The number of carbonyl (C=O) groups excluding carboxylic acids is 1. The van der Waals surface area contributed by atoms with E-state index in [-0.39, 0.29) is 11.8 Å². The highest BCUT2D eigenvalue weighted by molar-refractivity contribution is 5.81. The molecule has 0 aromatic heterocycles. The molecular formula is C17H15NO. The Morgan fingerprint density at radius 3 is 2.00 bits per heavy atom. The molecular weight excluding hydrogens is 234 g/mol. The zero-order valence-electron chi connectivity index (χ0n) is 10.8. The van der Waals surface area contributed by atoms with Crippen LogP contribution in [0.4, 0.5) is 0 Å². The van der Waals surface area contributed by atoms with Crippen molar-refractivity contribution in [1.82, 2.24) is 0 Å². The second-order valence-electron chi connectivity index (χ2n) is 4.36. The van der Waals surface area contributed by atoms with Crippen molar-refractivity contribution >= 4 is 5.91 Å². The molecule has 0 aliphatic carbocycles. The van der Waals surface area contributed by atoms with Gasteiger partial charge in [-0.2, -0.15) is 0 Å². The van der Waals surface area contributed by atoms with Gasteiger partial charge < -0.3 is 5.73 Å². The van der Waals surface area contributed by atoms with Crippen LogP contribution in [0, 0.1) is 11.8 Å². The van der Waals surface area contributed by atoms with E-state index in [1.165, 1.54) is 0 Å². The van der Waals surface area contributed by atoms with Crippen molar-refractivity contribution in [1.29, 1.82) is 0 Å². The lowest BCUT2D eigenvalue weighted by Gasteiger charge is -2.06. The molecule has 1 atom stereocenters. The quantitative estimate of drug-likeness (QED) is 0.817. The lowest BCUT2D eigenvalue weighted by molar-refractivity contribution is -0.119. The Morgan fingerprint density at radius 2 is 1.47 bits per heavy atom. The Morgan fingerprint density at radius 1 is 0.947 bits per heavy atom. The molecule has 2 heteroatoms. The lowest BCUT2D eigenvalue weighted by atomic mass is 9.99. The number of amides is 1. The van der Waals surface area contributed by atoms with Crippen LogP contribution in [0.1, 0.15) is 29.5 Å². The summed E-state index contributed by atoms with van der Waals surface area (Å²) in [5, 5.41) is 0. The molecule has 94 valence electrons. The molecule has 0 fully saturated rings. The number of benzene rings is 2. The summed E-state index contributed by atoms with van der Waals surface area (Å²) in [4.78, 5) is 11.1. The van der Waals surface area contributed by atoms with Gasteiger partial charge in [0.1, 0.15) is 0 Å². The van der Waals surface area contributed by atoms with Crippen LogP contribution in [0.15, 0.2) is 54.6 Å². The summed E-state index contributed by atoms with van der Waals surface area (Å²) >= 11 is 0. The number of carbonyl (C=O) groups is 1. The second kappa shape index (κ2) is 5.88. The molecule has 0 heterocycles. The summed E-state index contributed by atoms with van der Waals surface area (Å²) in [5.41, 5.74) is 8.09. The minimum atomic E-state index is -0.317. The van der Waals surface area contributed by atoms with E-state index in [4.69, 9.17) is 5.73 Å². The van der Waals surface area contributed by atoms with E-state index in [0.29, 0.717) is 0 Å². The summed E-state index contributed by atoms with van der Waals surface area (Å²) in [6.07, 6.45) is 0. The molecule has 19 heavy (non-hydrogen) atoms. The van der Waals surface area contributed by atoms with Gasteiger partial charge in [0.2, 0.25) is 5.91 Å². The number of rotatable bonds is 2. The van der Waals surface area contributed by atoms with Crippen molar-refractivity contribution in [3.63, 3.8) is 0 Å². The van der Waals surface area contributed by atoms with Crippen LogP contribution in [0.2, 0.25) is 0 Å². The van der Waals surface area contributed by atoms with Crippen molar-refractivity contribution < 1.29 is 4.79 Å². The SMILES string of the molecule is CC(C(N)=O)c1ccc(C#Cc2ccccc2)cc1. The van der Waals surface area contributed by atoms with Gasteiger partial charge in [0.05, 0.1) is 5.92 Å². The summed E-state index contributed by atoms with van der Waals surface area (Å²) in [6.45, 7) is 1.80. The number of hydrogen-bond donors (Lipinski definition) is 1. The maximum Gasteiger partial charge on any atom is 0.224 e. The first-order chi connectivity index (χ1) is 9.16. The van der Waals surface area contributed by atoms with Gasteiger partial charge in [-0.1, -0.05) is 42.2 Å². The van der Waals surface area contributed by atoms with E-state index in [1.807, 2.05) is 54.6 Å². The minimum Gasteiger partial charge on any atom is -0.369 e. The molecule has 2 aromatic carbocycles. The Hall–Kier alpha value is -2.53. The Kier molecular flexibility index (Phi) is 4.00. The van der Waals surface area contributed by atoms with Gasteiger partial charge in [-0.3, -0.25) is 4.79 Å². The first-order valence-corrected chi connectivity index (χ1v) is 6.13. The Balaban J connectivity index is 2.16. The molecule has 2 nitrogen and oxygen atoms in total. The van der Waals surface area contributed by atoms with E-state index >= 15 is 0 Å². The molecule has 0 aliphatic heterocycles. The highest BCUT2D eigenvalue weighted by atomic mass is 16.1. The van der Waals surface area contributed by atoms with Crippen LogP contribution in [0.5, 0.6) is 0 Å². The van der Waals surface area contributed by atoms with E-state index in [1.54, 1.807) is 6.92 Å². The average molecular weight is 249 g/mol. The van der Waals surface area contributed by atoms with Gasteiger partial charge in [0.15, 0.2) is 0 Å². The van der Waals surface area contributed by atoms with Crippen LogP contribution in [-0.2, 0) is 4.79 Å². The third-order valence-corrected chi connectivity index (χ3v) is 2.96. The molecule has 0 radical (unpaired) electrons. The molecule has 2 N–H and O–H groups in total. The smallest absolute Gasteiger partial charge is 0.224 e. The first kappa shape index (κ1) is 12.9. The standard InChI is InChI=1S/C17H15NO/c1-13(17(18)19)16-11-9-15(10-12-16)8-7-14-5-3-2-4-6-14/h2-6,9-13H,1H3,(H2,18,19). The van der Waals surface area contributed by atoms with Crippen molar-refractivity contribution in [3.05, 3.63) is 71.3 Å². The van der Waals surface area contributed by atoms with Crippen molar-refractivity contribution in [2.24, 2.45) is 5.73 Å². The fourth-order valence-electron chi connectivity index (χ4n) is 1.69. The summed E-state index contributed by atoms with van der Waals surface area (Å²) < 4.78 is 0. The van der Waals surface area contributed by atoms with E-state index in [0.717, 1.165) is 16.7 Å². The monoisotopic (exact) mass is 249 g/mol. The summed E-state index contributed by atoms with van der Waals surface area (Å²) in [6, 6.07) is 17.4. The maximum absolute atomic E-state index is 11.1. The van der Waals surface area contributed by atoms with Crippen molar-refractivity contribution in [3.8, 4) is 11.8 Å². The highest BCUT2D eigenvalue weighted by Gasteiger charge is 2.10.